The second kappa shape index (κ2) is 7.58. The lowest BCUT2D eigenvalue weighted by Gasteiger charge is -2.14. The van der Waals surface area contributed by atoms with Crippen molar-refractivity contribution < 1.29 is 27.8 Å². The van der Waals surface area contributed by atoms with E-state index in [4.69, 9.17) is 0 Å². The van der Waals surface area contributed by atoms with E-state index >= 15 is 0 Å². The molecule has 5 nitrogen and oxygen atoms in total. The van der Waals surface area contributed by atoms with E-state index in [-0.39, 0.29) is 23.5 Å². The highest BCUT2D eigenvalue weighted by Crippen LogP contribution is 2.29. The van der Waals surface area contributed by atoms with Crippen LogP contribution in [0.5, 0.6) is 0 Å². The number of benzene rings is 2. The lowest BCUT2D eigenvalue weighted by atomic mass is 9.91. The van der Waals surface area contributed by atoms with Crippen molar-refractivity contribution >= 4 is 21.4 Å². The number of aliphatic carboxylic acids is 1. The molecule has 0 atom stereocenters. The molecule has 2 N–H and O–H groups in total. The van der Waals surface area contributed by atoms with Gasteiger partial charge in [0.05, 0.1) is 4.90 Å². The molecule has 0 saturated carbocycles. The number of carboxylic acids is 1. The van der Waals surface area contributed by atoms with Crippen LogP contribution >= 0.6 is 0 Å². The predicted octanol–water partition coefficient (Wildman–Crippen LogP) is 2.50. The van der Waals surface area contributed by atoms with E-state index in [1.165, 1.54) is 48.5 Å². The summed E-state index contributed by atoms with van der Waals surface area (Å²) < 4.78 is 36.4. The van der Waals surface area contributed by atoms with Crippen LogP contribution in [0.1, 0.15) is 17.5 Å². The van der Waals surface area contributed by atoms with Gasteiger partial charge in [0.2, 0.25) is 0 Å². The third kappa shape index (κ3) is 4.52. The standard InChI is InChI=1S/C18H17FO5S/c1-25(23,24)15-8-4-13(5-9-15)17(16(10-11-20)18(21)22)12-2-6-14(19)7-3-12/h2-9,20H,10-11H2,1H3,(H,21,22). The fourth-order valence-corrected chi connectivity index (χ4v) is 3.08. The van der Waals surface area contributed by atoms with E-state index in [0.29, 0.717) is 16.7 Å². The average molecular weight is 364 g/mol. The van der Waals surface area contributed by atoms with Crippen molar-refractivity contribution in [2.45, 2.75) is 11.3 Å². The predicted molar refractivity (Wildman–Crippen MR) is 91.3 cm³/mol. The van der Waals surface area contributed by atoms with Crippen LogP contribution in [0, 0.1) is 5.82 Å². The largest absolute Gasteiger partial charge is 0.478 e. The van der Waals surface area contributed by atoms with E-state index < -0.39 is 21.6 Å². The number of carboxylic acid groups (broad SMARTS) is 1. The Balaban J connectivity index is 2.68. The van der Waals surface area contributed by atoms with E-state index in [1.54, 1.807) is 0 Å². The lowest BCUT2D eigenvalue weighted by molar-refractivity contribution is -0.132. The van der Waals surface area contributed by atoms with Crippen LogP contribution in [0.25, 0.3) is 5.57 Å². The molecule has 7 heteroatoms. The second-order valence-electron chi connectivity index (χ2n) is 5.44. The highest BCUT2D eigenvalue weighted by molar-refractivity contribution is 7.90. The number of sulfone groups is 1. The molecule has 0 unspecified atom stereocenters. The Morgan fingerprint density at radius 1 is 1.00 bits per heavy atom. The highest BCUT2D eigenvalue weighted by Gasteiger charge is 2.18. The first-order chi connectivity index (χ1) is 11.7. The van der Waals surface area contributed by atoms with Crippen LogP contribution in [0.3, 0.4) is 0 Å². The Morgan fingerprint density at radius 2 is 1.48 bits per heavy atom. The molecule has 0 saturated heterocycles. The summed E-state index contributed by atoms with van der Waals surface area (Å²) in [6.07, 6.45) is 0.975. The van der Waals surface area contributed by atoms with Crippen molar-refractivity contribution in [1.82, 2.24) is 0 Å². The van der Waals surface area contributed by atoms with Gasteiger partial charge in [-0.05, 0) is 41.0 Å². The van der Waals surface area contributed by atoms with Crippen molar-refractivity contribution in [2.24, 2.45) is 0 Å². The van der Waals surface area contributed by atoms with Gasteiger partial charge in [0, 0.05) is 24.9 Å². The van der Waals surface area contributed by atoms with E-state index in [2.05, 4.69) is 0 Å². The van der Waals surface area contributed by atoms with Crippen molar-refractivity contribution in [3.05, 3.63) is 71.0 Å². The molecular formula is C18H17FO5S. The van der Waals surface area contributed by atoms with Gasteiger partial charge in [0.1, 0.15) is 5.82 Å². The number of hydrogen-bond acceptors (Lipinski definition) is 4. The Kier molecular flexibility index (Phi) is 5.71. The van der Waals surface area contributed by atoms with Crippen LogP contribution in [0.4, 0.5) is 4.39 Å². The van der Waals surface area contributed by atoms with Crippen molar-refractivity contribution in [3.63, 3.8) is 0 Å². The Labute approximate surface area is 145 Å². The normalized spacial score (nSPS) is 12.6. The molecule has 132 valence electrons. The van der Waals surface area contributed by atoms with Crippen molar-refractivity contribution in [2.75, 3.05) is 12.9 Å². The smallest absolute Gasteiger partial charge is 0.332 e. The van der Waals surface area contributed by atoms with Crippen LogP contribution in [0.2, 0.25) is 0 Å². The highest BCUT2D eigenvalue weighted by atomic mass is 32.2. The molecule has 0 aromatic heterocycles. The molecule has 0 bridgehead atoms. The van der Waals surface area contributed by atoms with E-state index in [1.807, 2.05) is 0 Å². The monoisotopic (exact) mass is 364 g/mol. The van der Waals surface area contributed by atoms with Gasteiger partial charge in [0.25, 0.3) is 0 Å². The molecule has 0 aliphatic heterocycles. The minimum absolute atomic E-state index is 0.0405. The molecule has 0 amide bonds. The molecule has 0 spiro atoms. The van der Waals surface area contributed by atoms with Gasteiger partial charge in [-0.25, -0.2) is 17.6 Å². The minimum atomic E-state index is -3.38. The van der Waals surface area contributed by atoms with Crippen molar-refractivity contribution in [3.8, 4) is 0 Å². The average Bonchev–Trinajstić information content (AvgIpc) is 2.55. The molecule has 2 aromatic rings. The summed E-state index contributed by atoms with van der Waals surface area (Å²) in [6.45, 7) is -0.367. The van der Waals surface area contributed by atoms with Gasteiger partial charge in [-0.3, -0.25) is 0 Å². The number of carbonyl (C=O) groups is 1. The topological polar surface area (TPSA) is 91.7 Å². The Bertz CT molecular complexity index is 897. The van der Waals surface area contributed by atoms with Gasteiger partial charge < -0.3 is 10.2 Å². The summed E-state index contributed by atoms with van der Waals surface area (Å²) in [5.41, 5.74) is 1.19. The first-order valence-electron chi connectivity index (χ1n) is 7.37. The maximum Gasteiger partial charge on any atom is 0.332 e. The first-order valence-corrected chi connectivity index (χ1v) is 9.27. The number of aliphatic hydroxyl groups is 1. The second-order valence-corrected chi connectivity index (χ2v) is 7.45. The SMILES string of the molecule is CS(=O)(=O)c1ccc(C(=C(CCO)C(=O)O)c2ccc(F)cc2)cc1. The van der Waals surface area contributed by atoms with E-state index in [9.17, 15) is 27.8 Å². The summed E-state index contributed by atoms with van der Waals surface area (Å²) >= 11 is 0. The summed E-state index contributed by atoms with van der Waals surface area (Å²) in [5.74, 6) is -1.67. The Hall–Kier alpha value is -2.51. The summed E-state index contributed by atoms with van der Waals surface area (Å²) in [5, 5.41) is 18.7. The summed E-state index contributed by atoms with van der Waals surface area (Å²) in [4.78, 5) is 11.7. The zero-order valence-electron chi connectivity index (χ0n) is 13.4. The first kappa shape index (κ1) is 18.8. The maximum absolute atomic E-state index is 13.2. The minimum Gasteiger partial charge on any atom is -0.478 e. The quantitative estimate of drug-likeness (QED) is 0.769. The van der Waals surface area contributed by atoms with Crippen LogP contribution < -0.4 is 0 Å². The zero-order valence-corrected chi connectivity index (χ0v) is 14.3. The van der Waals surface area contributed by atoms with Crippen LogP contribution in [0.15, 0.2) is 59.0 Å². The molecular weight excluding hydrogens is 347 g/mol. The fourth-order valence-electron chi connectivity index (χ4n) is 2.45. The molecule has 2 aromatic carbocycles. The zero-order chi connectivity index (χ0) is 18.6. The third-order valence-electron chi connectivity index (χ3n) is 3.63. The lowest BCUT2D eigenvalue weighted by Crippen LogP contribution is -2.08. The third-order valence-corrected chi connectivity index (χ3v) is 4.75. The number of halogens is 1. The van der Waals surface area contributed by atoms with Gasteiger partial charge in [-0.15, -0.1) is 0 Å². The molecule has 0 heterocycles. The fraction of sp³-hybridized carbons (Fsp3) is 0.167. The van der Waals surface area contributed by atoms with Crippen molar-refractivity contribution in [1.29, 1.82) is 0 Å². The number of aliphatic hydroxyl groups excluding tert-OH is 1. The van der Waals surface area contributed by atoms with Crippen LogP contribution in [-0.4, -0.2) is 37.5 Å². The molecule has 0 radical (unpaired) electrons. The maximum atomic E-state index is 13.2. The molecule has 2 rings (SSSR count). The molecule has 0 aliphatic carbocycles. The Morgan fingerprint density at radius 3 is 1.88 bits per heavy atom. The molecule has 0 aliphatic rings. The summed E-state index contributed by atoms with van der Waals surface area (Å²) in [7, 11) is -3.38. The van der Waals surface area contributed by atoms with Gasteiger partial charge in [-0.2, -0.15) is 0 Å². The van der Waals surface area contributed by atoms with Crippen LogP contribution in [-0.2, 0) is 14.6 Å². The molecule has 0 fully saturated rings. The van der Waals surface area contributed by atoms with Gasteiger partial charge >= 0.3 is 5.97 Å². The summed E-state index contributed by atoms with van der Waals surface area (Å²) in [6, 6.07) is 11.0. The number of hydrogen-bond donors (Lipinski definition) is 2. The molecule has 25 heavy (non-hydrogen) atoms. The van der Waals surface area contributed by atoms with E-state index in [0.717, 1.165) is 6.26 Å². The van der Waals surface area contributed by atoms with Gasteiger partial charge in [-0.1, -0.05) is 24.3 Å². The number of rotatable bonds is 6. The van der Waals surface area contributed by atoms with Gasteiger partial charge in [0.15, 0.2) is 9.84 Å².